The molecule has 3 aromatic rings. The molecule has 1 unspecified atom stereocenters. The summed E-state index contributed by atoms with van der Waals surface area (Å²) in [5, 5.41) is 11.6. The number of hydrogen-bond donors (Lipinski definition) is 1. The van der Waals surface area contributed by atoms with Crippen LogP contribution in [-0.2, 0) is 4.79 Å². The number of pyridine rings is 1. The van der Waals surface area contributed by atoms with Gasteiger partial charge >= 0.3 is 5.97 Å². The van der Waals surface area contributed by atoms with Crippen LogP contribution in [0.1, 0.15) is 17.0 Å². The van der Waals surface area contributed by atoms with E-state index in [1.165, 1.54) is 0 Å². The van der Waals surface area contributed by atoms with Gasteiger partial charge in [-0.3, -0.25) is 9.78 Å². The van der Waals surface area contributed by atoms with E-state index in [1.54, 1.807) is 24.5 Å². The molecule has 1 heterocycles. The van der Waals surface area contributed by atoms with Gasteiger partial charge in [0.15, 0.2) is 0 Å². The SMILES string of the molecule is O=C(O)C(c1cccnc1)c1cccc2ccccc12. The van der Waals surface area contributed by atoms with E-state index >= 15 is 0 Å². The van der Waals surface area contributed by atoms with Crippen LogP contribution < -0.4 is 0 Å². The third-order valence-electron chi connectivity index (χ3n) is 3.40. The molecule has 0 amide bonds. The molecule has 0 aliphatic heterocycles. The smallest absolute Gasteiger partial charge is 0.315 e. The molecule has 1 atom stereocenters. The monoisotopic (exact) mass is 263 g/mol. The molecule has 98 valence electrons. The van der Waals surface area contributed by atoms with Gasteiger partial charge in [0.25, 0.3) is 0 Å². The number of benzene rings is 2. The van der Waals surface area contributed by atoms with E-state index < -0.39 is 11.9 Å². The Kier molecular flexibility index (Phi) is 3.17. The average molecular weight is 263 g/mol. The first kappa shape index (κ1) is 12.4. The molecule has 20 heavy (non-hydrogen) atoms. The largest absolute Gasteiger partial charge is 0.481 e. The van der Waals surface area contributed by atoms with Crippen molar-refractivity contribution in [1.82, 2.24) is 4.98 Å². The van der Waals surface area contributed by atoms with Gasteiger partial charge in [-0.25, -0.2) is 0 Å². The van der Waals surface area contributed by atoms with E-state index in [2.05, 4.69) is 4.98 Å². The lowest BCUT2D eigenvalue weighted by atomic mass is 9.89. The molecule has 0 aliphatic rings. The van der Waals surface area contributed by atoms with Crippen LogP contribution in [0.5, 0.6) is 0 Å². The van der Waals surface area contributed by atoms with Crippen LogP contribution in [0, 0.1) is 0 Å². The fourth-order valence-corrected chi connectivity index (χ4v) is 2.50. The number of nitrogens with zero attached hydrogens (tertiary/aromatic N) is 1. The molecule has 3 heteroatoms. The molecule has 0 fully saturated rings. The van der Waals surface area contributed by atoms with E-state index in [0.717, 1.165) is 16.3 Å². The zero-order valence-electron chi connectivity index (χ0n) is 10.7. The van der Waals surface area contributed by atoms with Crippen molar-refractivity contribution in [2.45, 2.75) is 5.92 Å². The van der Waals surface area contributed by atoms with E-state index in [9.17, 15) is 9.90 Å². The van der Waals surface area contributed by atoms with Crippen LogP contribution in [0.3, 0.4) is 0 Å². The van der Waals surface area contributed by atoms with Crippen molar-refractivity contribution in [2.24, 2.45) is 0 Å². The van der Waals surface area contributed by atoms with Crippen molar-refractivity contribution in [3.8, 4) is 0 Å². The van der Waals surface area contributed by atoms with Gasteiger partial charge < -0.3 is 5.11 Å². The van der Waals surface area contributed by atoms with Crippen molar-refractivity contribution in [3.63, 3.8) is 0 Å². The summed E-state index contributed by atoms with van der Waals surface area (Å²) in [6.45, 7) is 0. The van der Waals surface area contributed by atoms with Gasteiger partial charge in [0, 0.05) is 12.4 Å². The summed E-state index contributed by atoms with van der Waals surface area (Å²) in [5.74, 6) is -1.57. The Bertz CT molecular complexity index is 748. The highest BCUT2D eigenvalue weighted by Gasteiger charge is 2.23. The third kappa shape index (κ3) is 2.14. The highest BCUT2D eigenvalue weighted by molar-refractivity contribution is 5.92. The minimum atomic E-state index is -0.866. The molecule has 0 saturated carbocycles. The summed E-state index contributed by atoms with van der Waals surface area (Å²) in [4.78, 5) is 15.7. The molecule has 1 aromatic heterocycles. The quantitative estimate of drug-likeness (QED) is 0.787. The van der Waals surface area contributed by atoms with Crippen LogP contribution in [0.15, 0.2) is 67.0 Å². The molecule has 0 bridgehead atoms. The number of carboxylic acids is 1. The van der Waals surface area contributed by atoms with Crippen LogP contribution in [0.25, 0.3) is 10.8 Å². The lowest BCUT2D eigenvalue weighted by Crippen LogP contribution is -2.13. The first-order valence-corrected chi connectivity index (χ1v) is 6.38. The first-order chi connectivity index (χ1) is 9.77. The van der Waals surface area contributed by atoms with E-state index in [1.807, 2.05) is 42.5 Å². The molecular formula is C17H13NO2. The minimum Gasteiger partial charge on any atom is -0.481 e. The van der Waals surface area contributed by atoms with Crippen molar-refractivity contribution < 1.29 is 9.90 Å². The van der Waals surface area contributed by atoms with Crippen LogP contribution in [0.2, 0.25) is 0 Å². The van der Waals surface area contributed by atoms with Crippen molar-refractivity contribution >= 4 is 16.7 Å². The molecule has 3 rings (SSSR count). The Balaban J connectivity index is 2.23. The number of aliphatic carboxylic acids is 1. The Labute approximate surface area is 116 Å². The van der Waals surface area contributed by atoms with Gasteiger partial charge in [-0.1, -0.05) is 48.5 Å². The Morgan fingerprint density at radius 1 is 1.00 bits per heavy atom. The maximum atomic E-state index is 11.7. The summed E-state index contributed by atoms with van der Waals surface area (Å²) in [5.41, 5.74) is 1.49. The molecule has 3 nitrogen and oxygen atoms in total. The number of hydrogen-bond acceptors (Lipinski definition) is 2. The molecular weight excluding hydrogens is 250 g/mol. The van der Waals surface area contributed by atoms with Gasteiger partial charge in [-0.15, -0.1) is 0 Å². The van der Waals surface area contributed by atoms with Crippen molar-refractivity contribution in [1.29, 1.82) is 0 Å². The third-order valence-corrected chi connectivity index (χ3v) is 3.40. The molecule has 2 aromatic carbocycles. The average Bonchev–Trinajstić information content (AvgIpc) is 2.48. The van der Waals surface area contributed by atoms with Crippen molar-refractivity contribution in [2.75, 3.05) is 0 Å². The summed E-state index contributed by atoms with van der Waals surface area (Å²) in [6.07, 6.45) is 3.26. The topological polar surface area (TPSA) is 50.2 Å². The fourth-order valence-electron chi connectivity index (χ4n) is 2.50. The predicted molar refractivity (Wildman–Crippen MR) is 77.7 cm³/mol. The van der Waals surface area contributed by atoms with Gasteiger partial charge in [0.2, 0.25) is 0 Å². The maximum Gasteiger partial charge on any atom is 0.315 e. The predicted octanol–water partition coefficient (Wildman–Crippen LogP) is 3.45. The van der Waals surface area contributed by atoms with Crippen LogP contribution in [-0.4, -0.2) is 16.1 Å². The number of carboxylic acid groups (broad SMARTS) is 1. The molecule has 1 N–H and O–H groups in total. The Hall–Kier alpha value is -2.68. The second-order valence-electron chi connectivity index (χ2n) is 4.63. The molecule has 0 aliphatic carbocycles. The normalized spacial score (nSPS) is 12.2. The standard InChI is InChI=1S/C17H13NO2/c19-17(20)16(13-7-4-10-18-11-13)15-9-3-6-12-5-1-2-8-14(12)15/h1-11,16H,(H,19,20). The lowest BCUT2D eigenvalue weighted by Gasteiger charge is -2.15. The van der Waals surface area contributed by atoms with Gasteiger partial charge in [-0.05, 0) is 28.0 Å². The van der Waals surface area contributed by atoms with Gasteiger partial charge in [-0.2, -0.15) is 0 Å². The van der Waals surface area contributed by atoms with Gasteiger partial charge in [0.05, 0.1) is 0 Å². The number of aromatic nitrogens is 1. The summed E-state index contributed by atoms with van der Waals surface area (Å²) in [6, 6.07) is 17.1. The zero-order chi connectivity index (χ0) is 13.9. The summed E-state index contributed by atoms with van der Waals surface area (Å²) < 4.78 is 0. The fraction of sp³-hybridized carbons (Fsp3) is 0.0588. The highest BCUT2D eigenvalue weighted by atomic mass is 16.4. The number of carbonyl (C=O) groups is 1. The van der Waals surface area contributed by atoms with Crippen LogP contribution >= 0.6 is 0 Å². The Morgan fingerprint density at radius 3 is 2.55 bits per heavy atom. The lowest BCUT2D eigenvalue weighted by molar-refractivity contribution is -0.137. The van der Waals surface area contributed by atoms with E-state index in [4.69, 9.17) is 0 Å². The van der Waals surface area contributed by atoms with E-state index in [-0.39, 0.29) is 0 Å². The maximum absolute atomic E-state index is 11.7. The minimum absolute atomic E-state index is 0.691. The number of rotatable bonds is 3. The summed E-state index contributed by atoms with van der Waals surface area (Å²) in [7, 11) is 0. The zero-order valence-corrected chi connectivity index (χ0v) is 10.7. The van der Waals surface area contributed by atoms with Crippen LogP contribution in [0.4, 0.5) is 0 Å². The van der Waals surface area contributed by atoms with E-state index in [0.29, 0.717) is 5.56 Å². The highest BCUT2D eigenvalue weighted by Crippen LogP contribution is 2.30. The first-order valence-electron chi connectivity index (χ1n) is 6.38. The molecule has 0 radical (unpaired) electrons. The second kappa shape index (κ2) is 5.13. The van der Waals surface area contributed by atoms with Crippen molar-refractivity contribution in [3.05, 3.63) is 78.1 Å². The number of fused-ring (bicyclic) bond motifs is 1. The molecule has 0 spiro atoms. The van der Waals surface area contributed by atoms with Gasteiger partial charge in [0.1, 0.15) is 5.92 Å². The second-order valence-corrected chi connectivity index (χ2v) is 4.63. The molecule has 0 saturated heterocycles. The Morgan fingerprint density at radius 2 is 1.80 bits per heavy atom. The summed E-state index contributed by atoms with van der Waals surface area (Å²) >= 11 is 0.